The molecule has 0 aromatic carbocycles. The van der Waals surface area contributed by atoms with Crippen LogP contribution in [0.25, 0.3) is 0 Å². The molecule has 1 aliphatic rings. The average Bonchev–Trinajstić information content (AvgIpc) is 1.90. The van der Waals surface area contributed by atoms with Crippen LogP contribution in [0.2, 0.25) is 6.04 Å². The van der Waals surface area contributed by atoms with Gasteiger partial charge in [-0.05, 0) is 18.2 Å². The normalized spacial score (nSPS) is 23.0. The summed E-state index contributed by atoms with van der Waals surface area (Å²) in [6.45, 7) is 3.81. The van der Waals surface area contributed by atoms with E-state index in [0.717, 1.165) is 0 Å². The number of hydrogen-bond donors (Lipinski definition) is 0. The topological polar surface area (TPSA) is 0 Å². The largest absolute Gasteiger partial charge is 0.182 e. The minimum Gasteiger partial charge on any atom is -0.182 e. The Morgan fingerprint density at radius 2 is 2.38 bits per heavy atom. The van der Waals surface area contributed by atoms with Crippen LogP contribution in [0.3, 0.4) is 0 Å². The van der Waals surface area contributed by atoms with Crippen LogP contribution in [0.1, 0.15) is 12.8 Å². The summed E-state index contributed by atoms with van der Waals surface area (Å²) in [4.78, 5) is 0. The lowest BCUT2D eigenvalue weighted by molar-refractivity contribution is 0.883. The van der Waals surface area contributed by atoms with Crippen molar-refractivity contribution in [3.05, 3.63) is 12.3 Å². The van der Waals surface area contributed by atoms with Gasteiger partial charge in [-0.1, -0.05) is 12.1 Å². The quantitative estimate of drug-likeness (QED) is 0.507. The summed E-state index contributed by atoms with van der Waals surface area (Å²) in [5.41, 5.74) is 2.18. The molecule has 1 aliphatic heterocycles. The SMILES string of the molecule is C=C[Si]1CCCCS1. The minimum absolute atomic E-state index is 0.107. The number of hydrogen-bond acceptors (Lipinski definition) is 1. The molecule has 1 rings (SSSR count). The minimum atomic E-state index is -0.107. The second kappa shape index (κ2) is 3.36. The summed E-state index contributed by atoms with van der Waals surface area (Å²) in [5.74, 6) is 1.39. The molecule has 0 unspecified atom stereocenters. The Morgan fingerprint density at radius 1 is 1.50 bits per heavy atom. The maximum absolute atomic E-state index is 3.81. The van der Waals surface area contributed by atoms with Gasteiger partial charge in [-0.3, -0.25) is 0 Å². The van der Waals surface area contributed by atoms with Gasteiger partial charge >= 0.3 is 0 Å². The maximum Gasteiger partial charge on any atom is 0.147 e. The molecular weight excluding hydrogens is 132 g/mol. The third-order valence-electron chi connectivity index (χ3n) is 1.33. The zero-order valence-electron chi connectivity index (χ0n) is 5.02. The van der Waals surface area contributed by atoms with E-state index in [1.54, 1.807) is 0 Å². The molecular formula is C6H11SSi. The molecule has 0 N–H and O–H groups in total. The molecule has 8 heavy (non-hydrogen) atoms. The predicted octanol–water partition coefficient (Wildman–Crippen LogP) is 2.23. The van der Waals surface area contributed by atoms with Crippen LogP contribution in [0.5, 0.6) is 0 Å². The highest BCUT2D eigenvalue weighted by Gasteiger charge is 2.11. The molecule has 1 heterocycles. The van der Waals surface area contributed by atoms with Crippen LogP contribution in [-0.4, -0.2) is 13.7 Å². The van der Waals surface area contributed by atoms with E-state index in [1.807, 2.05) is 0 Å². The van der Waals surface area contributed by atoms with Crippen molar-refractivity contribution in [3.8, 4) is 0 Å². The van der Waals surface area contributed by atoms with Crippen molar-refractivity contribution in [2.24, 2.45) is 0 Å². The molecule has 0 saturated carbocycles. The van der Waals surface area contributed by atoms with E-state index in [9.17, 15) is 0 Å². The fourth-order valence-corrected chi connectivity index (χ4v) is 4.95. The molecule has 0 aromatic rings. The van der Waals surface area contributed by atoms with Gasteiger partial charge in [0.05, 0.1) is 0 Å². The van der Waals surface area contributed by atoms with Crippen molar-refractivity contribution in [1.29, 1.82) is 0 Å². The zero-order valence-corrected chi connectivity index (χ0v) is 6.84. The lowest BCUT2D eigenvalue weighted by Gasteiger charge is -2.14. The van der Waals surface area contributed by atoms with Crippen LogP contribution in [0.4, 0.5) is 0 Å². The van der Waals surface area contributed by atoms with Crippen LogP contribution in [0.15, 0.2) is 12.3 Å². The second-order valence-electron chi connectivity index (χ2n) is 1.98. The van der Waals surface area contributed by atoms with Gasteiger partial charge in [0.2, 0.25) is 0 Å². The maximum atomic E-state index is 3.81. The van der Waals surface area contributed by atoms with Crippen LogP contribution < -0.4 is 0 Å². The lowest BCUT2D eigenvalue weighted by Crippen LogP contribution is -2.09. The monoisotopic (exact) mass is 143 g/mol. The molecule has 1 fully saturated rings. The van der Waals surface area contributed by atoms with E-state index in [0.29, 0.717) is 0 Å². The van der Waals surface area contributed by atoms with Crippen molar-refractivity contribution in [3.63, 3.8) is 0 Å². The molecule has 1 radical (unpaired) electrons. The molecule has 0 bridgehead atoms. The number of rotatable bonds is 1. The third-order valence-corrected chi connectivity index (χ3v) is 6.34. The van der Waals surface area contributed by atoms with Crippen molar-refractivity contribution < 1.29 is 0 Å². The summed E-state index contributed by atoms with van der Waals surface area (Å²) in [6, 6.07) is 1.46. The van der Waals surface area contributed by atoms with Gasteiger partial charge in [0, 0.05) is 0 Å². The van der Waals surface area contributed by atoms with E-state index >= 15 is 0 Å². The van der Waals surface area contributed by atoms with Crippen LogP contribution in [0, 0.1) is 0 Å². The highest BCUT2D eigenvalue weighted by atomic mass is 32.4. The average molecular weight is 143 g/mol. The highest BCUT2D eigenvalue weighted by molar-refractivity contribution is 8.26. The van der Waals surface area contributed by atoms with E-state index < -0.39 is 0 Å². The van der Waals surface area contributed by atoms with Gasteiger partial charge in [-0.15, -0.1) is 6.58 Å². The fourth-order valence-electron chi connectivity index (χ4n) is 0.838. The Labute approximate surface area is 56.6 Å². The van der Waals surface area contributed by atoms with E-state index in [1.165, 1.54) is 24.6 Å². The molecule has 45 valence electrons. The van der Waals surface area contributed by atoms with E-state index in [2.05, 4.69) is 23.5 Å². The van der Waals surface area contributed by atoms with Gasteiger partial charge in [-0.25, -0.2) is 0 Å². The Hall–Kier alpha value is 0.307. The first-order chi connectivity index (χ1) is 3.93. The molecule has 0 atom stereocenters. The smallest absolute Gasteiger partial charge is 0.147 e. The Balaban J connectivity index is 2.22. The Kier molecular flexibility index (Phi) is 2.70. The van der Waals surface area contributed by atoms with E-state index in [4.69, 9.17) is 0 Å². The molecule has 1 saturated heterocycles. The molecule has 0 aliphatic carbocycles. The van der Waals surface area contributed by atoms with Crippen molar-refractivity contribution in [2.45, 2.75) is 18.9 Å². The summed E-state index contributed by atoms with van der Waals surface area (Å²) < 4.78 is 0. The predicted molar refractivity (Wildman–Crippen MR) is 42.5 cm³/mol. The van der Waals surface area contributed by atoms with Crippen LogP contribution >= 0.6 is 11.2 Å². The van der Waals surface area contributed by atoms with Gasteiger partial charge < -0.3 is 0 Å². The summed E-state index contributed by atoms with van der Waals surface area (Å²) in [7, 11) is -0.107. The van der Waals surface area contributed by atoms with Crippen molar-refractivity contribution >= 4 is 19.2 Å². The van der Waals surface area contributed by atoms with Gasteiger partial charge in [-0.2, -0.15) is 11.2 Å². The fraction of sp³-hybridized carbons (Fsp3) is 0.667. The third kappa shape index (κ3) is 1.67. The molecule has 0 spiro atoms. The standard InChI is InChI=1S/C6H11SSi/c1-2-8-6-4-3-5-7-8/h2H,1,3-6H2. The summed E-state index contributed by atoms with van der Waals surface area (Å²) in [5, 5.41) is 0. The molecule has 0 amide bonds. The van der Waals surface area contributed by atoms with Gasteiger partial charge in [0.1, 0.15) is 7.95 Å². The second-order valence-corrected chi connectivity index (χ2v) is 6.95. The van der Waals surface area contributed by atoms with Crippen molar-refractivity contribution in [1.82, 2.24) is 0 Å². The zero-order chi connectivity index (χ0) is 5.82. The Morgan fingerprint density at radius 3 is 2.75 bits per heavy atom. The van der Waals surface area contributed by atoms with Gasteiger partial charge in [0.15, 0.2) is 0 Å². The first-order valence-corrected chi connectivity index (χ1v) is 6.54. The Bertz CT molecular complexity index is 76.6. The van der Waals surface area contributed by atoms with Crippen molar-refractivity contribution in [2.75, 3.05) is 5.75 Å². The summed E-state index contributed by atoms with van der Waals surface area (Å²) in [6.07, 6.45) is 2.89. The first kappa shape index (κ1) is 6.43. The first-order valence-electron chi connectivity index (χ1n) is 3.04. The highest BCUT2D eigenvalue weighted by Crippen LogP contribution is 2.22. The van der Waals surface area contributed by atoms with Gasteiger partial charge in [0.25, 0.3) is 0 Å². The van der Waals surface area contributed by atoms with Crippen LogP contribution in [-0.2, 0) is 0 Å². The lowest BCUT2D eigenvalue weighted by atomic mass is 10.4. The molecule has 0 nitrogen and oxygen atoms in total. The summed E-state index contributed by atoms with van der Waals surface area (Å²) >= 11 is 2.15. The molecule has 0 aromatic heterocycles. The molecule has 2 heteroatoms. The van der Waals surface area contributed by atoms with E-state index in [-0.39, 0.29) is 7.95 Å².